The summed E-state index contributed by atoms with van der Waals surface area (Å²) in [7, 11) is 0. The number of hydrogen-bond acceptors (Lipinski definition) is 6. The van der Waals surface area contributed by atoms with Crippen molar-refractivity contribution in [3.05, 3.63) is 10.6 Å². The Balaban J connectivity index is 2.80. The number of hydrogen-bond donors (Lipinski definition) is 1. The van der Waals surface area contributed by atoms with Gasteiger partial charge < -0.3 is 10.5 Å². The third kappa shape index (κ3) is 4.78. The van der Waals surface area contributed by atoms with E-state index in [4.69, 9.17) is 10.5 Å². The number of rotatable bonds is 4. The van der Waals surface area contributed by atoms with Crippen molar-refractivity contribution in [2.45, 2.75) is 62.8 Å². The minimum absolute atomic E-state index is 0.229. The third-order valence-electron chi connectivity index (χ3n) is 2.29. The van der Waals surface area contributed by atoms with Crippen molar-refractivity contribution in [2.75, 3.05) is 0 Å². The molecule has 1 rings (SSSR count). The van der Waals surface area contributed by atoms with Crippen LogP contribution in [0.1, 0.15) is 45.2 Å². The van der Waals surface area contributed by atoms with Crippen LogP contribution in [-0.4, -0.2) is 21.3 Å². The molecule has 0 amide bonds. The number of nitrogens with two attached hydrogens (primary N) is 1. The maximum atomic E-state index is 12.2. The van der Waals surface area contributed by atoms with Crippen LogP contribution in [0.15, 0.2) is 4.34 Å². The Kier molecular flexibility index (Phi) is 5.03. The van der Waals surface area contributed by atoms with Gasteiger partial charge in [-0.1, -0.05) is 11.8 Å². The SMILES string of the molecule is Cc1nc(SC(C)(C)C(=O)OC(C)(C)C)sc1CN. The van der Waals surface area contributed by atoms with Crippen molar-refractivity contribution in [3.63, 3.8) is 0 Å². The van der Waals surface area contributed by atoms with Crippen LogP contribution in [0.25, 0.3) is 0 Å². The number of esters is 1. The molecular weight excluding hydrogens is 280 g/mol. The standard InChI is InChI=1S/C13H22N2O2S2/c1-8-9(7-14)18-11(15-8)19-13(5,6)10(16)17-12(2,3)4/h7,14H2,1-6H3. The zero-order chi connectivity index (χ0) is 14.8. The summed E-state index contributed by atoms with van der Waals surface area (Å²) in [5.41, 5.74) is 6.10. The van der Waals surface area contributed by atoms with Crippen molar-refractivity contribution < 1.29 is 9.53 Å². The Labute approximate surface area is 123 Å². The smallest absolute Gasteiger partial charge is 0.322 e. The molecule has 0 radical (unpaired) electrons. The van der Waals surface area contributed by atoms with Crippen molar-refractivity contribution >= 4 is 29.1 Å². The molecule has 0 atom stereocenters. The molecule has 1 aromatic rings. The van der Waals surface area contributed by atoms with E-state index in [0.29, 0.717) is 6.54 Å². The number of aromatic nitrogens is 1. The van der Waals surface area contributed by atoms with Crippen LogP contribution in [-0.2, 0) is 16.1 Å². The molecule has 2 N–H and O–H groups in total. The summed E-state index contributed by atoms with van der Waals surface area (Å²) < 4.78 is 5.62. The molecule has 0 saturated carbocycles. The third-order valence-corrected chi connectivity index (χ3v) is 4.71. The first kappa shape index (κ1) is 16.5. The second-order valence-corrected chi connectivity index (χ2v) is 8.76. The van der Waals surface area contributed by atoms with E-state index < -0.39 is 10.3 Å². The summed E-state index contributed by atoms with van der Waals surface area (Å²) in [6.45, 7) is 11.7. The highest BCUT2D eigenvalue weighted by atomic mass is 32.2. The zero-order valence-electron chi connectivity index (χ0n) is 12.4. The summed E-state index contributed by atoms with van der Waals surface area (Å²) in [6, 6.07) is 0. The molecule has 0 aliphatic rings. The Morgan fingerprint density at radius 3 is 2.37 bits per heavy atom. The van der Waals surface area contributed by atoms with E-state index in [0.717, 1.165) is 14.9 Å². The number of thioether (sulfide) groups is 1. The number of thiazole rings is 1. The topological polar surface area (TPSA) is 65.2 Å². The summed E-state index contributed by atoms with van der Waals surface area (Å²) in [5, 5.41) is 0. The molecule has 108 valence electrons. The van der Waals surface area contributed by atoms with Crippen LogP contribution in [0.2, 0.25) is 0 Å². The molecule has 1 aromatic heterocycles. The number of ether oxygens (including phenoxy) is 1. The highest BCUT2D eigenvalue weighted by molar-refractivity contribution is 8.03. The molecule has 0 saturated heterocycles. The van der Waals surface area contributed by atoms with E-state index in [9.17, 15) is 4.79 Å². The summed E-state index contributed by atoms with van der Waals surface area (Å²) in [6.07, 6.45) is 0. The van der Waals surface area contributed by atoms with E-state index in [1.165, 1.54) is 11.8 Å². The van der Waals surface area contributed by atoms with Crippen LogP contribution < -0.4 is 5.73 Å². The van der Waals surface area contributed by atoms with Gasteiger partial charge in [-0.2, -0.15) is 0 Å². The minimum Gasteiger partial charge on any atom is -0.459 e. The molecule has 0 fully saturated rings. The first-order chi connectivity index (χ1) is 8.55. The van der Waals surface area contributed by atoms with Gasteiger partial charge in [0.1, 0.15) is 10.3 Å². The van der Waals surface area contributed by atoms with Gasteiger partial charge in [-0.05, 0) is 41.5 Å². The van der Waals surface area contributed by atoms with Gasteiger partial charge in [0.25, 0.3) is 0 Å². The Morgan fingerprint density at radius 2 is 1.95 bits per heavy atom. The van der Waals surface area contributed by atoms with Gasteiger partial charge in [-0.25, -0.2) is 4.98 Å². The quantitative estimate of drug-likeness (QED) is 0.684. The van der Waals surface area contributed by atoms with E-state index in [1.54, 1.807) is 11.3 Å². The molecule has 0 unspecified atom stereocenters. The molecular formula is C13H22N2O2S2. The van der Waals surface area contributed by atoms with Crippen LogP contribution in [0.4, 0.5) is 0 Å². The molecule has 1 heterocycles. The van der Waals surface area contributed by atoms with Crippen LogP contribution in [0.5, 0.6) is 0 Å². The zero-order valence-corrected chi connectivity index (χ0v) is 14.0. The molecule has 6 heteroatoms. The molecule has 0 aromatic carbocycles. The molecule has 19 heavy (non-hydrogen) atoms. The highest BCUT2D eigenvalue weighted by Crippen LogP contribution is 2.37. The fourth-order valence-corrected chi connectivity index (χ4v) is 3.80. The first-order valence-electron chi connectivity index (χ1n) is 6.14. The average Bonchev–Trinajstić information content (AvgIpc) is 2.55. The number of carbonyl (C=O) groups excluding carboxylic acids is 1. The Bertz CT molecular complexity index is 462. The average molecular weight is 302 g/mol. The second-order valence-electron chi connectivity index (χ2n) is 5.81. The maximum Gasteiger partial charge on any atom is 0.322 e. The summed E-state index contributed by atoms with van der Waals surface area (Å²) in [5.74, 6) is -0.229. The van der Waals surface area contributed by atoms with Crippen LogP contribution in [0.3, 0.4) is 0 Å². The first-order valence-corrected chi connectivity index (χ1v) is 7.77. The van der Waals surface area contributed by atoms with Gasteiger partial charge in [-0.3, -0.25) is 4.79 Å². The lowest BCUT2D eigenvalue weighted by Gasteiger charge is -2.27. The van der Waals surface area contributed by atoms with E-state index in [1.807, 2.05) is 41.5 Å². The summed E-state index contributed by atoms with van der Waals surface area (Å²) >= 11 is 2.96. The molecule has 0 spiro atoms. The Hall–Kier alpha value is -0.590. The maximum absolute atomic E-state index is 12.2. The second kappa shape index (κ2) is 5.81. The van der Waals surface area contributed by atoms with Gasteiger partial charge in [0.05, 0.1) is 5.69 Å². The van der Waals surface area contributed by atoms with Crippen LogP contribution >= 0.6 is 23.1 Å². The molecule has 0 aliphatic heterocycles. The van der Waals surface area contributed by atoms with Gasteiger partial charge in [0.2, 0.25) is 0 Å². The lowest BCUT2D eigenvalue weighted by Crippen LogP contribution is -2.36. The van der Waals surface area contributed by atoms with Crippen molar-refractivity contribution in [3.8, 4) is 0 Å². The lowest BCUT2D eigenvalue weighted by atomic mass is 10.1. The fourth-order valence-electron chi connectivity index (χ4n) is 1.30. The molecule has 4 nitrogen and oxygen atoms in total. The monoisotopic (exact) mass is 302 g/mol. The largest absolute Gasteiger partial charge is 0.459 e. The van der Waals surface area contributed by atoms with Gasteiger partial charge in [0, 0.05) is 11.4 Å². The predicted molar refractivity (Wildman–Crippen MR) is 80.5 cm³/mol. The number of aryl methyl sites for hydroxylation is 1. The normalized spacial score (nSPS) is 12.6. The molecule has 0 aliphatic carbocycles. The van der Waals surface area contributed by atoms with Crippen molar-refractivity contribution in [1.29, 1.82) is 0 Å². The molecule has 0 bridgehead atoms. The number of carbonyl (C=O) groups is 1. The van der Waals surface area contributed by atoms with Gasteiger partial charge >= 0.3 is 5.97 Å². The van der Waals surface area contributed by atoms with Crippen molar-refractivity contribution in [2.24, 2.45) is 5.73 Å². The van der Waals surface area contributed by atoms with Crippen molar-refractivity contribution in [1.82, 2.24) is 4.98 Å². The van der Waals surface area contributed by atoms with Gasteiger partial charge in [-0.15, -0.1) is 11.3 Å². The minimum atomic E-state index is -0.663. The van der Waals surface area contributed by atoms with Crippen LogP contribution in [0, 0.1) is 6.92 Å². The van der Waals surface area contributed by atoms with Gasteiger partial charge in [0.15, 0.2) is 4.34 Å². The predicted octanol–water partition coefficient (Wildman–Crippen LogP) is 3.12. The fraction of sp³-hybridized carbons (Fsp3) is 0.692. The van der Waals surface area contributed by atoms with E-state index >= 15 is 0 Å². The number of nitrogens with zero attached hydrogens (tertiary/aromatic N) is 1. The van der Waals surface area contributed by atoms with E-state index in [-0.39, 0.29) is 5.97 Å². The lowest BCUT2D eigenvalue weighted by molar-refractivity contribution is -0.156. The Morgan fingerprint density at radius 1 is 1.37 bits per heavy atom. The van der Waals surface area contributed by atoms with E-state index in [2.05, 4.69) is 4.98 Å². The summed E-state index contributed by atoms with van der Waals surface area (Å²) in [4.78, 5) is 17.7. The highest BCUT2D eigenvalue weighted by Gasteiger charge is 2.34.